The normalized spacial score (nSPS) is 20.1. The van der Waals surface area contributed by atoms with E-state index in [0.29, 0.717) is 18.7 Å². The average molecular weight is 270 g/mol. The van der Waals surface area contributed by atoms with Gasteiger partial charge in [0, 0.05) is 13.1 Å². The molecule has 1 fully saturated rings. The molecule has 1 aromatic rings. The van der Waals surface area contributed by atoms with E-state index in [1.807, 2.05) is 6.07 Å². The molecule has 1 unspecified atom stereocenters. The van der Waals surface area contributed by atoms with Gasteiger partial charge in [-0.25, -0.2) is 4.98 Å². The largest absolute Gasteiger partial charge is 0.397 e. The highest BCUT2D eigenvalue weighted by Crippen LogP contribution is 2.35. The second kappa shape index (κ2) is 4.96. The maximum Gasteiger partial charge on any atom is 0.393 e. The van der Waals surface area contributed by atoms with E-state index in [9.17, 15) is 13.2 Å². The van der Waals surface area contributed by atoms with Gasteiger partial charge in [-0.3, -0.25) is 0 Å². The summed E-state index contributed by atoms with van der Waals surface area (Å²) in [6, 6.07) is 3.35. The number of anilines is 2. The first-order valence-electron chi connectivity index (χ1n) is 5.89. The Balaban J connectivity index is 2.25. The number of hydrogen-bond donors (Lipinski definition) is 1. The van der Waals surface area contributed by atoms with Crippen LogP contribution in [0.2, 0.25) is 0 Å². The summed E-state index contributed by atoms with van der Waals surface area (Å²) < 4.78 is 38.2. The first-order valence-corrected chi connectivity index (χ1v) is 5.89. The zero-order valence-electron chi connectivity index (χ0n) is 10.1. The van der Waals surface area contributed by atoms with Crippen molar-refractivity contribution in [2.24, 2.45) is 5.92 Å². The van der Waals surface area contributed by atoms with Gasteiger partial charge in [0.05, 0.1) is 23.4 Å². The van der Waals surface area contributed by atoms with E-state index in [1.165, 1.54) is 17.2 Å². The van der Waals surface area contributed by atoms with Crippen molar-refractivity contribution in [1.29, 1.82) is 5.26 Å². The third kappa shape index (κ3) is 2.89. The van der Waals surface area contributed by atoms with E-state index in [4.69, 9.17) is 11.0 Å². The van der Waals surface area contributed by atoms with Gasteiger partial charge in [-0.1, -0.05) is 0 Å². The molecule has 102 valence electrons. The monoisotopic (exact) mass is 270 g/mol. The third-order valence-electron chi connectivity index (χ3n) is 3.19. The predicted octanol–water partition coefficient (Wildman–Crippen LogP) is 2.31. The standard InChI is InChI=1S/C12H13F3N4/c13-12(14,15)9-2-1-3-19(7-9)11-8(5-16)4-10(17)6-18-11/h4,6,9H,1-3,7,17H2. The summed E-state index contributed by atoms with van der Waals surface area (Å²) >= 11 is 0. The average Bonchev–Trinajstić information content (AvgIpc) is 2.37. The molecule has 4 nitrogen and oxygen atoms in total. The fourth-order valence-corrected chi connectivity index (χ4v) is 2.24. The van der Waals surface area contributed by atoms with E-state index in [0.717, 1.165) is 0 Å². The minimum absolute atomic E-state index is 0.122. The van der Waals surface area contributed by atoms with Gasteiger partial charge in [0.2, 0.25) is 0 Å². The van der Waals surface area contributed by atoms with Crippen LogP contribution in [0.25, 0.3) is 0 Å². The fourth-order valence-electron chi connectivity index (χ4n) is 2.24. The van der Waals surface area contributed by atoms with Crippen molar-refractivity contribution in [3.05, 3.63) is 17.8 Å². The van der Waals surface area contributed by atoms with Crippen LogP contribution in [0.15, 0.2) is 12.3 Å². The van der Waals surface area contributed by atoms with Gasteiger partial charge in [-0.2, -0.15) is 18.4 Å². The third-order valence-corrected chi connectivity index (χ3v) is 3.19. The first-order chi connectivity index (χ1) is 8.91. The van der Waals surface area contributed by atoms with Crippen molar-refractivity contribution in [3.8, 4) is 6.07 Å². The molecule has 2 N–H and O–H groups in total. The highest BCUT2D eigenvalue weighted by molar-refractivity contribution is 5.59. The zero-order chi connectivity index (χ0) is 14.0. The Hall–Kier alpha value is -1.97. The summed E-state index contributed by atoms with van der Waals surface area (Å²) in [7, 11) is 0. The number of nitrogens with two attached hydrogens (primary N) is 1. The van der Waals surface area contributed by atoms with Crippen molar-refractivity contribution in [2.45, 2.75) is 19.0 Å². The topological polar surface area (TPSA) is 65.9 Å². The molecule has 1 saturated heterocycles. The Kier molecular flexibility index (Phi) is 3.51. The van der Waals surface area contributed by atoms with E-state index in [1.54, 1.807) is 0 Å². The number of piperidine rings is 1. The molecule has 2 rings (SSSR count). The second-order valence-corrected chi connectivity index (χ2v) is 4.58. The van der Waals surface area contributed by atoms with Crippen molar-refractivity contribution >= 4 is 11.5 Å². The van der Waals surface area contributed by atoms with Gasteiger partial charge >= 0.3 is 6.18 Å². The number of alkyl halides is 3. The van der Waals surface area contributed by atoms with Crippen LogP contribution in [0.1, 0.15) is 18.4 Å². The molecule has 0 bridgehead atoms. The lowest BCUT2D eigenvalue weighted by atomic mass is 9.97. The molecule has 19 heavy (non-hydrogen) atoms. The molecule has 1 aliphatic rings. The SMILES string of the molecule is N#Cc1cc(N)cnc1N1CCCC(C(F)(F)F)C1. The maximum absolute atomic E-state index is 12.7. The molecule has 0 radical (unpaired) electrons. The smallest absolute Gasteiger partial charge is 0.393 e. The molecule has 1 atom stereocenters. The lowest BCUT2D eigenvalue weighted by molar-refractivity contribution is -0.176. The van der Waals surface area contributed by atoms with E-state index < -0.39 is 12.1 Å². The fraction of sp³-hybridized carbons (Fsp3) is 0.500. The molecule has 0 aliphatic carbocycles. The van der Waals surface area contributed by atoms with Crippen molar-refractivity contribution in [2.75, 3.05) is 23.7 Å². The van der Waals surface area contributed by atoms with Gasteiger partial charge in [-0.05, 0) is 18.9 Å². The van der Waals surface area contributed by atoms with Gasteiger partial charge in [0.1, 0.15) is 11.9 Å². The maximum atomic E-state index is 12.7. The molecule has 2 heterocycles. The molecule has 0 saturated carbocycles. The molecule has 0 spiro atoms. The number of halogens is 3. The molecule has 1 aromatic heterocycles. The molecule has 0 amide bonds. The van der Waals surface area contributed by atoms with Crippen LogP contribution >= 0.6 is 0 Å². The minimum Gasteiger partial charge on any atom is -0.397 e. The lowest BCUT2D eigenvalue weighted by Gasteiger charge is -2.34. The lowest BCUT2D eigenvalue weighted by Crippen LogP contribution is -2.42. The van der Waals surface area contributed by atoms with Crippen LogP contribution < -0.4 is 10.6 Å². The van der Waals surface area contributed by atoms with E-state index in [-0.39, 0.29) is 24.3 Å². The van der Waals surface area contributed by atoms with Crippen LogP contribution in [-0.2, 0) is 0 Å². The summed E-state index contributed by atoms with van der Waals surface area (Å²) in [6.45, 7) is 0.313. The van der Waals surface area contributed by atoms with Crippen LogP contribution in [-0.4, -0.2) is 24.2 Å². The highest BCUT2D eigenvalue weighted by atomic mass is 19.4. The zero-order valence-corrected chi connectivity index (χ0v) is 10.1. The van der Waals surface area contributed by atoms with Gasteiger partial charge in [0.15, 0.2) is 0 Å². The van der Waals surface area contributed by atoms with Crippen LogP contribution in [0.5, 0.6) is 0 Å². The van der Waals surface area contributed by atoms with Gasteiger partial charge in [0.25, 0.3) is 0 Å². The quantitative estimate of drug-likeness (QED) is 0.850. The number of rotatable bonds is 1. The molecule has 7 heteroatoms. The van der Waals surface area contributed by atoms with Crippen LogP contribution in [0.4, 0.5) is 24.7 Å². The summed E-state index contributed by atoms with van der Waals surface area (Å²) in [4.78, 5) is 5.51. The number of nitrogen functional groups attached to an aromatic ring is 1. The molecule has 0 aromatic carbocycles. The molecular weight excluding hydrogens is 257 g/mol. The number of nitriles is 1. The van der Waals surface area contributed by atoms with E-state index >= 15 is 0 Å². The summed E-state index contributed by atoms with van der Waals surface area (Å²) in [6.07, 6.45) is -2.30. The second-order valence-electron chi connectivity index (χ2n) is 4.58. The van der Waals surface area contributed by atoms with Gasteiger partial charge in [-0.15, -0.1) is 0 Å². The number of aromatic nitrogens is 1. The van der Waals surface area contributed by atoms with E-state index in [2.05, 4.69) is 4.98 Å². The van der Waals surface area contributed by atoms with Crippen LogP contribution in [0.3, 0.4) is 0 Å². The van der Waals surface area contributed by atoms with Crippen molar-refractivity contribution in [1.82, 2.24) is 4.98 Å². The molecular formula is C12H13F3N4. The number of nitrogens with zero attached hydrogens (tertiary/aromatic N) is 3. The molecule has 1 aliphatic heterocycles. The Morgan fingerprint density at radius 1 is 1.47 bits per heavy atom. The Morgan fingerprint density at radius 3 is 2.84 bits per heavy atom. The number of hydrogen-bond acceptors (Lipinski definition) is 4. The summed E-state index contributed by atoms with van der Waals surface area (Å²) in [5.74, 6) is -1.09. The summed E-state index contributed by atoms with van der Waals surface area (Å²) in [5, 5.41) is 9.00. The number of pyridine rings is 1. The Bertz CT molecular complexity index is 507. The predicted molar refractivity (Wildman–Crippen MR) is 64.4 cm³/mol. The summed E-state index contributed by atoms with van der Waals surface area (Å²) in [5.41, 5.74) is 6.05. The Labute approximate surface area is 108 Å². The Morgan fingerprint density at radius 2 is 2.21 bits per heavy atom. The highest BCUT2D eigenvalue weighted by Gasteiger charge is 2.42. The van der Waals surface area contributed by atoms with Crippen molar-refractivity contribution < 1.29 is 13.2 Å². The minimum atomic E-state index is -4.21. The van der Waals surface area contributed by atoms with Gasteiger partial charge < -0.3 is 10.6 Å². The van der Waals surface area contributed by atoms with Crippen molar-refractivity contribution in [3.63, 3.8) is 0 Å². The van der Waals surface area contributed by atoms with Crippen LogP contribution in [0, 0.1) is 17.2 Å². The first kappa shape index (κ1) is 13.5.